The molecule has 3 saturated heterocycles. The number of likely N-dealkylation sites (tertiary alicyclic amines) is 1. The summed E-state index contributed by atoms with van der Waals surface area (Å²) in [5.41, 5.74) is -0.543. The third kappa shape index (κ3) is 3.72. The number of rotatable bonds is 9. The molecule has 3 fully saturated rings. The minimum absolute atomic E-state index is 0.194. The first-order valence-electron chi connectivity index (χ1n) is 11.8. The molecular formula is C25H31ClN2O6. The van der Waals surface area contributed by atoms with E-state index in [1.165, 1.54) is 4.90 Å². The average molecular weight is 491 g/mol. The van der Waals surface area contributed by atoms with Crippen LogP contribution in [-0.2, 0) is 23.9 Å². The highest BCUT2D eigenvalue weighted by molar-refractivity contribution is 6.30. The molecule has 184 valence electrons. The predicted octanol–water partition coefficient (Wildman–Crippen LogP) is 2.57. The highest BCUT2D eigenvalue weighted by Crippen LogP contribution is 2.59. The summed E-state index contributed by atoms with van der Waals surface area (Å²) in [6.45, 7) is 7.46. The Morgan fingerprint density at radius 1 is 1.38 bits per heavy atom. The zero-order chi connectivity index (χ0) is 24.6. The monoisotopic (exact) mass is 490 g/mol. The number of aliphatic hydroxyl groups excluding tert-OH is 1. The molecule has 34 heavy (non-hydrogen) atoms. The second kappa shape index (κ2) is 9.68. The largest absolute Gasteiger partial charge is 0.466 e. The van der Waals surface area contributed by atoms with E-state index in [1.807, 2.05) is 6.92 Å². The lowest BCUT2D eigenvalue weighted by Gasteiger charge is -2.39. The van der Waals surface area contributed by atoms with Gasteiger partial charge in [-0.1, -0.05) is 24.6 Å². The molecule has 3 heterocycles. The molecule has 2 amide bonds. The standard InChI is InChI=1S/C25H31ClN2O6/c1-4-13-27(17-9-7-15(26)8-10-17)23(31)21-25-12-11-18(34-25)19(24(32)33-6-3)20(25)22(30)28(21)16(5-2)14-29/h4,7-10,16,18-21,29H,1,5-6,11-14H2,2-3H3/t16-,18+,19-,20-,21+,25-/m0/s1. The molecule has 1 aromatic rings. The quantitative estimate of drug-likeness (QED) is 0.422. The van der Waals surface area contributed by atoms with E-state index in [9.17, 15) is 19.5 Å². The van der Waals surface area contributed by atoms with Crippen LogP contribution in [0.3, 0.4) is 0 Å². The fraction of sp³-hybridized carbons (Fsp3) is 0.560. The SMILES string of the molecule is C=CCN(C(=O)[C@H]1N([C@@H](CC)CO)C(=O)[C@@H]2[C@@H](C(=O)OCC)[C@H]3CC[C@]21O3)c1ccc(Cl)cc1. The van der Waals surface area contributed by atoms with Gasteiger partial charge in [0, 0.05) is 17.3 Å². The molecular weight excluding hydrogens is 460 g/mol. The van der Waals surface area contributed by atoms with Gasteiger partial charge >= 0.3 is 5.97 Å². The summed E-state index contributed by atoms with van der Waals surface area (Å²) in [6, 6.07) is 5.28. The Hall–Kier alpha value is -2.42. The van der Waals surface area contributed by atoms with Gasteiger partial charge in [-0.15, -0.1) is 6.58 Å². The molecule has 0 radical (unpaired) electrons. The summed E-state index contributed by atoms with van der Waals surface area (Å²) < 4.78 is 11.7. The van der Waals surface area contributed by atoms with E-state index in [0.717, 1.165) is 0 Å². The van der Waals surface area contributed by atoms with Gasteiger partial charge in [0.2, 0.25) is 5.91 Å². The third-order valence-electron chi connectivity index (χ3n) is 7.32. The molecule has 3 aliphatic heterocycles. The minimum Gasteiger partial charge on any atom is -0.466 e. The molecule has 9 heteroatoms. The first-order valence-corrected chi connectivity index (χ1v) is 12.2. The molecule has 0 saturated carbocycles. The number of hydrogen-bond donors (Lipinski definition) is 1. The van der Waals surface area contributed by atoms with E-state index in [1.54, 1.807) is 42.2 Å². The number of halogens is 1. The number of amides is 2. The molecule has 1 N–H and O–H groups in total. The summed E-state index contributed by atoms with van der Waals surface area (Å²) in [5.74, 6) is -2.74. The van der Waals surface area contributed by atoms with Crippen LogP contribution in [0.5, 0.6) is 0 Å². The molecule has 3 aliphatic rings. The van der Waals surface area contributed by atoms with E-state index in [0.29, 0.717) is 30.0 Å². The van der Waals surface area contributed by atoms with E-state index < -0.39 is 41.6 Å². The van der Waals surface area contributed by atoms with E-state index in [4.69, 9.17) is 21.1 Å². The van der Waals surface area contributed by atoms with Crippen LogP contribution in [0.15, 0.2) is 36.9 Å². The number of esters is 1. The van der Waals surface area contributed by atoms with Gasteiger partial charge in [0.25, 0.3) is 5.91 Å². The van der Waals surface area contributed by atoms with E-state index >= 15 is 0 Å². The van der Waals surface area contributed by atoms with Crippen molar-refractivity contribution in [3.05, 3.63) is 41.9 Å². The highest BCUT2D eigenvalue weighted by Gasteiger charge is 2.75. The van der Waals surface area contributed by atoms with Crippen molar-refractivity contribution in [2.45, 2.75) is 56.9 Å². The normalized spacial score (nSPS) is 30.2. The van der Waals surface area contributed by atoms with Crippen molar-refractivity contribution in [3.8, 4) is 0 Å². The summed E-state index contributed by atoms with van der Waals surface area (Å²) in [4.78, 5) is 43.9. The maximum atomic E-state index is 14.2. The number of carbonyl (C=O) groups excluding carboxylic acids is 3. The van der Waals surface area contributed by atoms with Gasteiger partial charge in [0.05, 0.1) is 37.2 Å². The lowest BCUT2D eigenvalue weighted by Crippen LogP contribution is -2.59. The number of hydrogen-bond acceptors (Lipinski definition) is 6. The van der Waals surface area contributed by atoms with Gasteiger partial charge in [0.1, 0.15) is 11.6 Å². The second-order valence-electron chi connectivity index (χ2n) is 9.01. The second-order valence-corrected chi connectivity index (χ2v) is 9.45. The number of nitrogens with zero attached hydrogens (tertiary/aromatic N) is 2. The van der Waals surface area contributed by atoms with Crippen LogP contribution in [-0.4, -0.2) is 71.3 Å². The third-order valence-corrected chi connectivity index (χ3v) is 7.57. The number of benzene rings is 1. The van der Waals surface area contributed by atoms with Gasteiger partial charge in [-0.2, -0.15) is 0 Å². The Morgan fingerprint density at radius 3 is 2.68 bits per heavy atom. The van der Waals surface area contributed by atoms with Crippen LogP contribution in [0.1, 0.15) is 33.1 Å². The van der Waals surface area contributed by atoms with Crippen LogP contribution in [0.25, 0.3) is 0 Å². The summed E-state index contributed by atoms with van der Waals surface area (Å²) in [6.07, 6.45) is 2.62. The maximum absolute atomic E-state index is 14.2. The van der Waals surface area contributed by atoms with Crippen molar-refractivity contribution in [2.24, 2.45) is 11.8 Å². The van der Waals surface area contributed by atoms with Crippen molar-refractivity contribution in [1.82, 2.24) is 4.90 Å². The van der Waals surface area contributed by atoms with Crippen molar-refractivity contribution in [1.29, 1.82) is 0 Å². The van der Waals surface area contributed by atoms with Crippen LogP contribution < -0.4 is 4.90 Å². The lowest BCUT2D eigenvalue weighted by molar-refractivity contribution is -0.155. The number of ether oxygens (including phenoxy) is 2. The Morgan fingerprint density at radius 2 is 2.09 bits per heavy atom. The fourth-order valence-electron chi connectivity index (χ4n) is 5.90. The maximum Gasteiger partial charge on any atom is 0.312 e. The smallest absolute Gasteiger partial charge is 0.312 e. The van der Waals surface area contributed by atoms with Crippen LogP contribution >= 0.6 is 11.6 Å². The first-order chi connectivity index (χ1) is 16.3. The van der Waals surface area contributed by atoms with Crippen molar-refractivity contribution in [3.63, 3.8) is 0 Å². The number of anilines is 1. The Bertz CT molecular complexity index is 965. The Balaban J connectivity index is 1.80. The molecule has 8 nitrogen and oxygen atoms in total. The van der Waals surface area contributed by atoms with Gasteiger partial charge in [-0.25, -0.2) is 0 Å². The topological polar surface area (TPSA) is 96.4 Å². The van der Waals surface area contributed by atoms with Crippen LogP contribution in [0, 0.1) is 11.8 Å². The van der Waals surface area contributed by atoms with Crippen molar-refractivity contribution in [2.75, 3.05) is 24.7 Å². The first kappa shape index (κ1) is 24.7. The molecule has 2 bridgehead atoms. The Labute approximate surface area is 204 Å². The Kier molecular flexibility index (Phi) is 7.03. The molecule has 0 aliphatic carbocycles. The lowest BCUT2D eigenvalue weighted by atomic mass is 9.70. The van der Waals surface area contributed by atoms with E-state index in [2.05, 4.69) is 6.58 Å². The number of fused-ring (bicyclic) bond motifs is 1. The highest BCUT2D eigenvalue weighted by atomic mass is 35.5. The molecule has 0 unspecified atom stereocenters. The van der Waals surface area contributed by atoms with Crippen LogP contribution in [0.4, 0.5) is 5.69 Å². The summed E-state index contributed by atoms with van der Waals surface area (Å²) in [7, 11) is 0. The molecule has 4 rings (SSSR count). The molecule has 1 aromatic carbocycles. The zero-order valence-electron chi connectivity index (χ0n) is 19.5. The molecule has 6 atom stereocenters. The zero-order valence-corrected chi connectivity index (χ0v) is 20.2. The molecule has 1 spiro atoms. The number of aliphatic hydroxyl groups is 1. The van der Waals surface area contributed by atoms with Gasteiger partial charge in [0.15, 0.2) is 0 Å². The fourth-order valence-corrected chi connectivity index (χ4v) is 6.03. The minimum atomic E-state index is -1.15. The van der Waals surface area contributed by atoms with Crippen molar-refractivity contribution < 1.29 is 29.0 Å². The van der Waals surface area contributed by atoms with Crippen LogP contribution in [0.2, 0.25) is 5.02 Å². The average Bonchev–Trinajstić information content (AvgIpc) is 3.47. The van der Waals surface area contributed by atoms with E-state index in [-0.39, 0.29) is 31.6 Å². The summed E-state index contributed by atoms with van der Waals surface area (Å²) >= 11 is 6.05. The summed E-state index contributed by atoms with van der Waals surface area (Å²) in [5, 5.41) is 10.6. The predicted molar refractivity (Wildman–Crippen MR) is 126 cm³/mol. The molecule has 0 aromatic heterocycles. The number of carbonyl (C=O) groups is 3. The van der Waals surface area contributed by atoms with Gasteiger partial charge in [-0.3, -0.25) is 14.4 Å². The van der Waals surface area contributed by atoms with Gasteiger partial charge < -0.3 is 24.4 Å². The van der Waals surface area contributed by atoms with Crippen molar-refractivity contribution >= 4 is 35.1 Å². The van der Waals surface area contributed by atoms with Gasteiger partial charge in [-0.05, 0) is 50.5 Å².